The maximum atomic E-state index is 12.6. The molecule has 0 aliphatic rings. The van der Waals surface area contributed by atoms with Gasteiger partial charge in [0.1, 0.15) is 11.6 Å². The van der Waals surface area contributed by atoms with E-state index < -0.39 is 5.91 Å². The molecule has 0 radical (unpaired) electrons. The standard InChI is InChI=1S/C19H23ClN4O2/c1-4-5-9-26-14-8-6-7-13(10-14)24-19(25)15-11-23-18(22-3)16(12(2)21)17(15)20/h6-8,10-11,21H,4-5,9H2,1-3H3,(H,22,23)(H,24,25). The molecular weight excluding hydrogens is 352 g/mol. The van der Waals surface area contributed by atoms with Crippen LogP contribution in [0.25, 0.3) is 0 Å². The van der Waals surface area contributed by atoms with E-state index in [2.05, 4.69) is 22.5 Å². The maximum absolute atomic E-state index is 12.6. The van der Waals surface area contributed by atoms with Gasteiger partial charge >= 0.3 is 0 Å². The molecule has 3 N–H and O–H groups in total. The van der Waals surface area contributed by atoms with Crippen LogP contribution in [0.4, 0.5) is 11.5 Å². The minimum atomic E-state index is -0.390. The van der Waals surface area contributed by atoms with E-state index >= 15 is 0 Å². The Hall–Kier alpha value is -2.60. The van der Waals surface area contributed by atoms with Crippen LogP contribution in [0.15, 0.2) is 30.5 Å². The van der Waals surface area contributed by atoms with Crippen LogP contribution in [-0.2, 0) is 0 Å². The second kappa shape index (κ2) is 9.20. The fourth-order valence-electron chi connectivity index (χ4n) is 2.38. The molecule has 0 atom stereocenters. The largest absolute Gasteiger partial charge is 0.494 e. The van der Waals surface area contributed by atoms with Gasteiger partial charge in [0.2, 0.25) is 0 Å². The highest BCUT2D eigenvalue weighted by molar-refractivity contribution is 6.38. The lowest BCUT2D eigenvalue weighted by molar-refractivity contribution is 0.102. The van der Waals surface area contributed by atoms with E-state index in [1.165, 1.54) is 6.20 Å². The smallest absolute Gasteiger partial charge is 0.258 e. The summed E-state index contributed by atoms with van der Waals surface area (Å²) in [6.07, 6.45) is 3.43. The van der Waals surface area contributed by atoms with Gasteiger partial charge in [-0.1, -0.05) is 31.0 Å². The normalized spacial score (nSPS) is 10.3. The Morgan fingerprint density at radius 2 is 2.15 bits per heavy atom. The van der Waals surface area contributed by atoms with Crippen molar-refractivity contribution in [1.82, 2.24) is 4.98 Å². The second-order valence-electron chi connectivity index (χ2n) is 5.77. The number of rotatable bonds is 8. The number of pyridine rings is 1. The Labute approximate surface area is 158 Å². The molecule has 138 valence electrons. The first-order chi connectivity index (χ1) is 12.5. The van der Waals surface area contributed by atoms with Crippen LogP contribution in [0, 0.1) is 5.41 Å². The third kappa shape index (κ3) is 4.73. The zero-order valence-corrected chi connectivity index (χ0v) is 15.9. The number of nitrogens with one attached hydrogen (secondary N) is 3. The van der Waals surface area contributed by atoms with Crippen LogP contribution in [0.3, 0.4) is 0 Å². The highest BCUT2D eigenvalue weighted by Crippen LogP contribution is 2.27. The van der Waals surface area contributed by atoms with Gasteiger partial charge in [0.25, 0.3) is 5.91 Å². The maximum Gasteiger partial charge on any atom is 0.258 e. The van der Waals surface area contributed by atoms with Crippen LogP contribution >= 0.6 is 11.6 Å². The summed E-state index contributed by atoms with van der Waals surface area (Å²) in [5.74, 6) is 0.769. The number of carbonyl (C=O) groups excluding carboxylic acids is 1. The van der Waals surface area contributed by atoms with Crippen molar-refractivity contribution < 1.29 is 9.53 Å². The van der Waals surface area contributed by atoms with Gasteiger partial charge in [-0.3, -0.25) is 4.79 Å². The summed E-state index contributed by atoms with van der Waals surface area (Å²) >= 11 is 6.36. The summed E-state index contributed by atoms with van der Waals surface area (Å²) in [7, 11) is 1.69. The summed E-state index contributed by atoms with van der Waals surface area (Å²) in [5.41, 5.74) is 1.46. The summed E-state index contributed by atoms with van der Waals surface area (Å²) in [5, 5.41) is 13.8. The first kappa shape index (κ1) is 19.7. The average molecular weight is 375 g/mol. The van der Waals surface area contributed by atoms with Crippen molar-refractivity contribution in [2.75, 3.05) is 24.3 Å². The first-order valence-electron chi connectivity index (χ1n) is 8.43. The molecule has 0 unspecified atom stereocenters. The molecule has 0 spiro atoms. The van der Waals surface area contributed by atoms with Gasteiger partial charge in [0.15, 0.2) is 0 Å². The Balaban J connectivity index is 2.21. The van der Waals surface area contributed by atoms with Crippen molar-refractivity contribution in [1.29, 1.82) is 5.41 Å². The number of benzene rings is 1. The highest BCUT2D eigenvalue weighted by Gasteiger charge is 2.19. The van der Waals surface area contributed by atoms with Gasteiger partial charge in [-0.2, -0.15) is 0 Å². The van der Waals surface area contributed by atoms with Crippen LogP contribution in [-0.4, -0.2) is 30.3 Å². The number of aromatic nitrogens is 1. The van der Waals surface area contributed by atoms with Crippen LogP contribution in [0.1, 0.15) is 42.6 Å². The molecule has 1 amide bonds. The van der Waals surface area contributed by atoms with Crippen molar-refractivity contribution in [2.24, 2.45) is 0 Å². The molecular formula is C19H23ClN4O2. The number of hydrogen-bond acceptors (Lipinski definition) is 5. The minimum absolute atomic E-state index is 0.199. The molecule has 0 fully saturated rings. The first-order valence-corrected chi connectivity index (χ1v) is 8.81. The van der Waals surface area contributed by atoms with Crippen molar-refractivity contribution >= 4 is 34.7 Å². The van der Waals surface area contributed by atoms with Crippen molar-refractivity contribution in [3.05, 3.63) is 46.6 Å². The number of hydrogen-bond donors (Lipinski definition) is 3. The number of amides is 1. The minimum Gasteiger partial charge on any atom is -0.494 e. The van der Waals surface area contributed by atoms with Crippen LogP contribution < -0.4 is 15.4 Å². The average Bonchev–Trinajstić information content (AvgIpc) is 2.61. The number of unbranched alkanes of at least 4 members (excludes halogenated alkanes) is 1. The van der Waals surface area contributed by atoms with Gasteiger partial charge in [-0.05, 0) is 25.5 Å². The summed E-state index contributed by atoms with van der Waals surface area (Å²) < 4.78 is 5.65. The van der Waals surface area contributed by atoms with E-state index in [-0.39, 0.29) is 16.3 Å². The third-order valence-corrected chi connectivity index (χ3v) is 4.12. The summed E-state index contributed by atoms with van der Waals surface area (Å²) in [6, 6.07) is 7.20. The Morgan fingerprint density at radius 1 is 1.38 bits per heavy atom. The fourth-order valence-corrected chi connectivity index (χ4v) is 2.74. The lowest BCUT2D eigenvalue weighted by Crippen LogP contribution is -2.15. The number of anilines is 2. The SMILES string of the molecule is CCCCOc1cccc(NC(=O)c2cnc(NC)c(C(C)=N)c2Cl)c1. The van der Waals surface area contributed by atoms with Crippen molar-refractivity contribution in [3.8, 4) is 5.75 Å². The van der Waals surface area contributed by atoms with E-state index in [1.807, 2.05) is 12.1 Å². The van der Waals surface area contributed by atoms with Gasteiger partial charge in [-0.15, -0.1) is 0 Å². The van der Waals surface area contributed by atoms with E-state index in [9.17, 15) is 4.79 Å². The van der Waals surface area contributed by atoms with Crippen LogP contribution in [0.2, 0.25) is 5.02 Å². The van der Waals surface area contributed by atoms with E-state index in [0.29, 0.717) is 29.4 Å². The molecule has 0 bridgehead atoms. The predicted molar refractivity (Wildman–Crippen MR) is 106 cm³/mol. The molecule has 1 aromatic carbocycles. The summed E-state index contributed by atoms with van der Waals surface area (Å²) in [6.45, 7) is 4.33. The molecule has 0 saturated heterocycles. The molecule has 2 rings (SSSR count). The molecule has 2 aromatic rings. The van der Waals surface area contributed by atoms with E-state index in [4.69, 9.17) is 21.7 Å². The molecule has 7 heteroatoms. The van der Waals surface area contributed by atoms with Gasteiger partial charge in [0, 0.05) is 30.7 Å². The quantitative estimate of drug-likeness (QED) is 0.465. The zero-order valence-electron chi connectivity index (χ0n) is 15.1. The monoisotopic (exact) mass is 374 g/mol. The predicted octanol–water partition coefficient (Wildman–Crippen LogP) is 4.60. The lowest BCUT2D eigenvalue weighted by Gasteiger charge is -2.13. The van der Waals surface area contributed by atoms with Gasteiger partial charge in [-0.25, -0.2) is 4.98 Å². The summed E-state index contributed by atoms with van der Waals surface area (Å²) in [4.78, 5) is 16.8. The molecule has 1 aromatic heterocycles. The molecule has 0 aliphatic heterocycles. The molecule has 26 heavy (non-hydrogen) atoms. The number of nitrogens with zero attached hydrogens (tertiary/aromatic N) is 1. The van der Waals surface area contributed by atoms with Crippen LogP contribution in [0.5, 0.6) is 5.75 Å². The molecule has 1 heterocycles. The Morgan fingerprint density at radius 3 is 2.81 bits per heavy atom. The fraction of sp³-hybridized carbons (Fsp3) is 0.316. The lowest BCUT2D eigenvalue weighted by atomic mass is 10.1. The zero-order chi connectivity index (χ0) is 19.1. The van der Waals surface area contributed by atoms with Gasteiger partial charge < -0.3 is 20.8 Å². The van der Waals surface area contributed by atoms with Crippen molar-refractivity contribution in [2.45, 2.75) is 26.7 Å². The molecule has 6 nitrogen and oxygen atoms in total. The number of ether oxygens (including phenoxy) is 1. The third-order valence-electron chi connectivity index (χ3n) is 3.73. The molecule has 0 saturated carbocycles. The number of carbonyl (C=O) groups is 1. The van der Waals surface area contributed by atoms with Crippen molar-refractivity contribution in [3.63, 3.8) is 0 Å². The molecule has 0 aliphatic carbocycles. The van der Waals surface area contributed by atoms with E-state index in [0.717, 1.165) is 12.8 Å². The van der Waals surface area contributed by atoms with Gasteiger partial charge in [0.05, 0.1) is 22.8 Å². The second-order valence-corrected chi connectivity index (χ2v) is 6.15. The van der Waals surface area contributed by atoms with E-state index in [1.54, 1.807) is 26.1 Å². The highest BCUT2D eigenvalue weighted by atomic mass is 35.5. The Bertz CT molecular complexity index is 808. The topological polar surface area (TPSA) is 87.1 Å². The number of halogens is 1. The Kier molecular flexibility index (Phi) is 6.97.